The summed E-state index contributed by atoms with van der Waals surface area (Å²) in [6.45, 7) is 2.01. The monoisotopic (exact) mass is 361 g/mol. The van der Waals surface area contributed by atoms with Gasteiger partial charge in [-0.25, -0.2) is 4.68 Å². The maximum absolute atomic E-state index is 12.1. The molecule has 2 aromatic rings. The van der Waals surface area contributed by atoms with Crippen LogP contribution in [0.25, 0.3) is 5.69 Å². The fourth-order valence-corrected chi connectivity index (χ4v) is 5.83. The first-order valence-electron chi connectivity index (χ1n) is 8.41. The van der Waals surface area contributed by atoms with Crippen molar-refractivity contribution in [1.29, 1.82) is 0 Å². The molecule has 1 aromatic heterocycles. The molecule has 1 atom stereocenters. The lowest BCUT2D eigenvalue weighted by atomic mass is 10.1. The van der Waals surface area contributed by atoms with E-state index in [1.807, 2.05) is 63.5 Å². The Labute approximate surface area is 151 Å². The molecule has 4 nitrogen and oxygen atoms in total. The highest BCUT2D eigenvalue weighted by molar-refractivity contribution is 8.77. The Bertz CT molecular complexity index is 680. The first kappa shape index (κ1) is 17.4. The van der Waals surface area contributed by atoms with E-state index < -0.39 is 0 Å². The van der Waals surface area contributed by atoms with Gasteiger partial charge in [-0.15, -0.1) is 0 Å². The first-order chi connectivity index (χ1) is 11.7. The Morgan fingerprint density at radius 3 is 3.04 bits per heavy atom. The number of nitrogens with zero attached hydrogens (tertiary/aromatic N) is 2. The van der Waals surface area contributed by atoms with Crippen molar-refractivity contribution in [2.75, 3.05) is 11.1 Å². The Hall–Kier alpha value is -1.40. The number of aromatic nitrogens is 2. The summed E-state index contributed by atoms with van der Waals surface area (Å²) in [7, 11) is 3.99. The molecule has 1 amide bonds. The Kier molecular flexibility index (Phi) is 6.26. The minimum atomic E-state index is 0.0952. The molecule has 1 aliphatic heterocycles. The molecule has 1 N–H and O–H groups in total. The molecule has 0 bridgehead atoms. The van der Waals surface area contributed by atoms with E-state index >= 15 is 0 Å². The van der Waals surface area contributed by atoms with Crippen molar-refractivity contribution in [3.63, 3.8) is 0 Å². The highest BCUT2D eigenvalue weighted by atomic mass is 33.1. The van der Waals surface area contributed by atoms with E-state index in [2.05, 4.69) is 10.4 Å². The summed E-state index contributed by atoms with van der Waals surface area (Å²) in [6.07, 6.45) is 7.03. The fourth-order valence-electron chi connectivity index (χ4n) is 2.80. The van der Waals surface area contributed by atoms with Crippen LogP contribution >= 0.6 is 21.6 Å². The number of anilines is 1. The van der Waals surface area contributed by atoms with Gasteiger partial charge in [0.15, 0.2) is 0 Å². The van der Waals surface area contributed by atoms with Gasteiger partial charge in [0.05, 0.1) is 5.69 Å². The number of hydrogen-bond acceptors (Lipinski definition) is 4. The van der Waals surface area contributed by atoms with Crippen LogP contribution in [-0.4, -0.2) is 26.7 Å². The lowest BCUT2D eigenvalue weighted by Gasteiger charge is -2.09. The molecule has 1 saturated heterocycles. The topological polar surface area (TPSA) is 46.9 Å². The molecule has 1 aliphatic rings. The van der Waals surface area contributed by atoms with Gasteiger partial charge in [0.25, 0.3) is 0 Å². The Morgan fingerprint density at radius 1 is 1.38 bits per heavy atom. The number of amides is 1. The quantitative estimate of drug-likeness (QED) is 0.566. The predicted molar refractivity (Wildman–Crippen MR) is 104 cm³/mol. The Morgan fingerprint density at radius 2 is 2.29 bits per heavy atom. The van der Waals surface area contributed by atoms with Crippen molar-refractivity contribution in [1.82, 2.24) is 9.78 Å². The van der Waals surface area contributed by atoms with Gasteiger partial charge in [0.2, 0.25) is 5.91 Å². The second-order valence-corrected chi connectivity index (χ2v) is 8.85. The summed E-state index contributed by atoms with van der Waals surface area (Å²) in [4.78, 5) is 12.1. The van der Waals surface area contributed by atoms with Crippen LogP contribution in [0.15, 0.2) is 36.5 Å². The van der Waals surface area contributed by atoms with Crippen LogP contribution < -0.4 is 5.32 Å². The maximum Gasteiger partial charge on any atom is 0.224 e. The van der Waals surface area contributed by atoms with Gasteiger partial charge in [-0.3, -0.25) is 4.79 Å². The molecule has 1 aromatic carbocycles. The molecule has 128 valence electrons. The summed E-state index contributed by atoms with van der Waals surface area (Å²) in [5, 5.41) is 8.11. The van der Waals surface area contributed by atoms with Crippen molar-refractivity contribution in [2.45, 2.75) is 44.3 Å². The van der Waals surface area contributed by atoms with Gasteiger partial charge < -0.3 is 5.32 Å². The number of carbonyl (C=O) groups is 1. The van der Waals surface area contributed by atoms with E-state index in [0.717, 1.165) is 35.2 Å². The van der Waals surface area contributed by atoms with Crippen molar-refractivity contribution in [3.8, 4) is 5.69 Å². The summed E-state index contributed by atoms with van der Waals surface area (Å²) >= 11 is 0. The number of benzene rings is 1. The van der Waals surface area contributed by atoms with Crippen LogP contribution in [0.5, 0.6) is 0 Å². The van der Waals surface area contributed by atoms with Crippen LogP contribution in [0.2, 0.25) is 0 Å². The van der Waals surface area contributed by atoms with E-state index in [1.165, 1.54) is 18.6 Å². The van der Waals surface area contributed by atoms with Gasteiger partial charge in [-0.05, 0) is 50.5 Å². The molecule has 6 heteroatoms. The number of aryl methyl sites for hydroxylation is 1. The molecular weight excluding hydrogens is 338 g/mol. The lowest BCUT2D eigenvalue weighted by Crippen LogP contribution is -2.12. The van der Waals surface area contributed by atoms with Crippen LogP contribution in [0.3, 0.4) is 0 Å². The molecule has 1 unspecified atom stereocenters. The molecule has 0 aliphatic carbocycles. The summed E-state index contributed by atoms with van der Waals surface area (Å²) < 4.78 is 1.87. The SMILES string of the molecule is Cc1ccnn1-c1cccc(NC(=O)CCCCC2CCSS2)c1. The van der Waals surface area contributed by atoms with Crippen LogP contribution in [0.1, 0.15) is 37.8 Å². The standard InChI is InChI=1S/C18H23N3OS2/c1-14-9-11-19-21(14)16-6-4-5-15(13-16)20-18(22)8-3-2-7-17-10-12-23-24-17/h4-6,9,11,13,17H,2-3,7-8,10,12H2,1H3,(H,20,22). The molecule has 1 fully saturated rings. The zero-order chi connectivity index (χ0) is 16.8. The second-order valence-electron chi connectivity index (χ2n) is 6.06. The summed E-state index contributed by atoms with van der Waals surface area (Å²) in [6, 6.07) is 9.79. The number of unbranched alkanes of at least 4 members (excludes halogenated alkanes) is 1. The molecule has 24 heavy (non-hydrogen) atoms. The second kappa shape index (κ2) is 8.62. The van der Waals surface area contributed by atoms with Gasteiger partial charge in [-0.1, -0.05) is 34.1 Å². The smallest absolute Gasteiger partial charge is 0.224 e. The number of carbonyl (C=O) groups excluding carboxylic acids is 1. The van der Waals surface area contributed by atoms with Crippen LogP contribution in [-0.2, 0) is 4.79 Å². The largest absolute Gasteiger partial charge is 0.326 e. The molecular formula is C18H23N3OS2. The van der Waals surface area contributed by atoms with Gasteiger partial charge >= 0.3 is 0 Å². The predicted octanol–water partition coefficient (Wildman–Crippen LogP) is 4.83. The molecule has 0 saturated carbocycles. The molecule has 0 radical (unpaired) electrons. The lowest BCUT2D eigenvalue weighted by molar-refractivity contribution is -0.116. The number of hydrogen-bond donors (Lipinski definition) is 1. The molecule has 3 rings (SSSR count). The van der Waals surface area contributed by atoms with Crippen molar-refractivity contribution in [3.05, 3.63) is 42.2 Å². The highest BCUT2D eigenvalue weighted by Crippen LogP contribution is 2.39. The van der Waals surface area contributed by atoms with Crippen molar-refractivity contribution >= 4 is 33.2 Å². The van der Waals surface area contributed by atoms with Gasteiger partial charge in [0.1, 0.15) is 0 Å². The molecule has 2 heterocycles. The van der Waals surface area contributed by atoms with E-state index in [9.17, 15) is 4.79 Å². The first-order valence-corrected chi connectivity index (χ1v) is 10.8. The van der Waals surface area contributed by atoms with Crippen molar-refractivity contribution in [2.24, 2.45) is 0 Å². The highest BCUT2D eigenvalue weighted by Gasteiger charge is 2.15. The average Bonchev–Trinajstić information content (AvgIpc) is 3.23. The Balaban J connectivity index is 1.46. The summed E-state index contributed by atoms with van der Waals surface area (Å²) in [5.74, 6) is 1.37. The summed E-state index contributed by atoms with van der Waals surface area (Å²) in [5.41, 5.74) is 2.86. The maximum atomic E-state index is 12.1. The van der Waals surface area contributed by atoms with Gasteiger partial charge in [0, 0.05) is 35.0 Å². The van der Waals surface area contributed by atoms with E-state index in [0.29, 0.717) is 6.42 Å². The van der Waals surface area contributed by atoms with E-state index in [1.54, 1.807) is 6.20 Å². The third-order valence-corrected chi connectivity index (χ3v) is 7.12. The van der Waals surface area contributed by atoms with Crippen LogP contribution in [0.4, 0.5) is 5.69 Å². The third-order valence-electron chi connectivity index (χ3n) is 4.11. The molecule has 0 spiro atoms. The number of rotatable bonds is 7. The fraction of sp³-hybridized carbons (Fsp3) is 0.444. The minimum absolute atomic E-state index is 0.0952. The van der Waals surface area contributed by atoms with E-state index in [4.69, 9.17) is 0 Å². The van der Waals surface area contributed by atoms with Crippen LogP contribution in [0, 0.1) is 6.92 Å². The zero-order valence-electron chi connectivity index (χ0n) is 13.9. The van der Waals surface area contributed by atoms with Crippen molar-refractivity contribution < 1.29 is 4.79 Å². The third kappa shape index (κ3) is 4.80. The zero-order valence-corrected chi connectivity index (χ0v) is 15.5. The number of nitrogens with one attached hydrogen (secondary N) is 1. The van der Waals surface area contributed by atoms with Gasteiger partial charge in [-0.2, -0.15) is 5.10 Å². The average molecular weight is 362 g/mol. The van der Waals surface area contributed by atoms with E-state index in [-0.39, 0.29) is 5.91 Å². The minimum Gasteiger partial charge on any atom is -0.326 e. The normalized spacial score (nSPS) is 17.1.